The molecule has 0 bridgehead atoms. The van der Waals surface area contributed by atoms with Gasteiger partial charge in [0.1, 0.15) is 0 Å². The molecule has 0 unspecified atom stereocenters. The van der Waals surface area contributed by atoms with E-state index in [1.54, 1.807) is 0 Å². The number of rotatable bonds is 4. The van der Waals surface area contributed by atoms with Gasteiger partial charge < -0.3 is 20.1 Å². The van der Waals surface area contributed by atoms with Gasteiger partial charge in [0, 0.05) is 55.9 Å². The SMILES string of the molecule is O=C1NCCN1C1CCN(CCc2c[nH]c3ccccc23)CC1. The number of aromatic nitrogens is 1. The van der Waals surface area contributed by atoms with Crippen LogP contribution in [0, 0.1) is 0 Å². The van der Waals surface area contributed by atoms with Crippen LogP contribution in [0.5, 0.6) is 0 Å². The molecule has 2 aliphatic heterocycles. The number of carbonyl (C=O) groups excluding carboxylic acids is 1. The quantitative estimate of drug-likeness (QED) is 0.909. The molecule has 2 amide bonds. The maximum Gasteiger partial charge on any atom is 0.317 e. The number of likely N-dealkylation sites (tertiary alicyclic amines) is 1. The first kappa shape index (κ1) is 14.6. The fraction of sp³-hybridized carbons (Fsp3) is 0.500. The Morgan fingerprint density at radius 1 is 1.13 bits per heavy atom. The predicted molar refractivity (Wildman–Crippen MR) is 91.6 cm³/mol. The van der Waals surface area contributed by atoms with Crippen LogP contribution >= 0.6 is 0 Å². The van der Waals surface area contributed by atoms with E-state index in [-0.39, 0.29) is 6.03 Å². The Labute approximate surface area is 136 Å². The van der Waals surface area contributed by atoms with Crippen molar-refractivity contribution in [1.82, 2.24) is 20.1 Å². The number of hydrogen-bond donors (Lipinski definition) is 2. The van der Waals surface area contributed by atoms with Crippen LogP contribution in [0.25, 0.3) is 10.9 Å². The number of urea groups is 1. The summed E-state index contributed by atoms with van der Waals surface area (Å²) in [5.41, 5.74) is 2.63. The summed E-state index contributed by atoms with van der Waals surface area (Å²) in [4.78, 5) is 19.7. The first-order chi connectivity index (χ1) is 11.3. The van der Waals surface area contributed by atoms with Crippen LogP contribution in [-0.2, 0) is 6.42 Å². The first-order valence-electron chi connectivity index (χ1n) is 8.63. The van der Waals surface area contributed by atoms with Gasteiger partial charge in [-0.05, 0) is 30.9 Å². The Kier molecular flexibility index (Phi) is 3.95. The van der Waals surface area contributed by atoms with Crippen molar-refractivity contribution in [3.63, 3.8) is 0 Å². The van der Waals surface area contributed by atoms with E-state index >= 15 is 0 Å². The molecule has 0 spiro atoms. The summed E-state index contributed by atoms with van der Waals surface area (Å²) in [5, 5.41) is 4.25. The third kappa shape index (κ3) is 2.93. The van der Waals surface area contributed by atoms with Crippen molar-refractivity contribution in [2.45, 2.75) is 25.3 Å². The van der Waals surface area contributed by atoms with Gasteiger partial charge in [0.15, 0.2) is 0 Å². The fourth-order valence-corrected chi connectivity index (χ4v) is 3.91. The van der Waals surface area contributed by atoms with Gasteiger partial charge >= 0.3 is 6.03 Å². The molecule has 122 valence electrons. The van der Waals surface area contributed by atoms with E-state index in [2.05, 4.69) is 45.7 Å². The van der Waals surface area contributed by atoms with Crippen LogP contribution in [0.2, 0.25) is 0 Å². The number of benzene rings is 1. The van der Waals surface area contributed by atoms with Crippen LogP contribution < -0.4 is 5.32 Å². The molecule has 2 saturated heterocycles. The summed E-state index contributed by atoms with van der Waals surface area (Å²) in [5.74, 6) is 0. The van der Waals surface area contributed by atoms with E-state index in [0.29, 0.717) is 6.04 Å². The number of H-pyrrole nitrogens is 1. The number of piperidine rings is 1. The molecule has 2 aliphatic rings. The second-order valence-electron chi connectivity index (χ2n) is 6.61. The van der Waals surface area contributed by atoms with Gasteiger partial charge in [-0.2, -0.15) is 0 Å². The average Bonchev–Trinajstić information content (AvgIpc) is 3.20. The molecule has 5 nitrogen and oxygen atoms in total. The van der Waals surface area contributed by atoms with Crippen molar-refractivity contribution < 1.29 is 4.79 Å². The Morgan fingerprint density at radius 2 is 1.96 bits per heavy atom. The van der Waals surface area contributed by atoms with Gasteiger partial charge in [-0.25, -0.2) is 4.79 Å². The molecule has 0 saturated carbocycles. The minimum Gasteiger partial charge on any atom is -0.361 e. The topological polar surface area (TPSA) is 51.4 Å². The number of amides is 2. The molecule has 23 heavy (non-hydrogen) atoms. The fourth-order valence-electron chi connectivity index (χ4n) is 3.91. The van der Waals surface area contributed by atoms with E-state index in [1.165, 1.54) is 16.5 Å². The molecular weight excluding hydrogens is 288 g/mol. The third-order valence-electron chi connectivity index (χ3n) is 5.26. The normalized spacial score (nSPS) is 20.3. The maximum absolute atomic E-state index is 11.8. The molecule has 2 aromatic rings. The number of para-hydroxylation sites is 1. The van der Waals surface area contributed by atoms with E-state index in [9.17, 15) is 4.79 Å². The highest BCUT2D eigenvalue weighted by atomic mass is 16.2. The molecule has 2 fully saturated rings. The largest absolute Gasteiger partial charge is 0.361 e. The van der Waals surface area contributed by atoms with Gasteiger partial charge in [-0.1, -0.05) is 18.2 Å². The van der Waals surface area contributed by atoms with Crippen molar-refractivity contribution >= 4 is 16.9 Å². The lowest BCUT2D eigenvalue weighted by molar-refractivity contribution is 0.137. The number of aromatic amines is 1. The highest BCUT2D eigenvalue weighted by Gasteiger charge is 2.30. The molecule has 3 heterocycles. The summed E-state index contributed by atoms with van der Waals surface area (Å²) >= 11 is 0. The summed E-state index contributed by atoms with van der Waals surface area (Å²) in [7, 11) is 0. The van der Waals surface area contributed by atoms with E-state index in [0.717, 1.165) is 52.0 Å². The zero-order valence-electron chi connectivity index (χ0n) is 13.4. The standard InChI is InChI=1S/C18H24N4O/c23-18-19-8-12-22(18)15-6-10-21(11-7-15)9-5-14-13-20-17-4-2-1-3-16(14)17/h1-4,13,15,20H,5-12H2,(H,19,23). The van der Waals surface area contributed by atoms with Gasteiger partial charge in [0.25, 0.3) is 0 Å². The second-order valence-corrected chi connectivity index (χ2v) is 6.61. The van der Waals surface area contributed by atoms with Crippen molar-refractivity contribution in [1.29, 1.82) is 0 Å². The number of carbonyl (C=O) groups is 1. The Bertz CT molecular complexity index is 687. The number of nitrogens with one attached hydrogen (secondary N) is 2. The summed E-state index contributed by atoms with van der Waals surface area (Å²) in [6, 6.07) is 9.06. The van der Waals surface area contributed by atoms with Gasteiger partial charge in [0.2, 0.25) is 0 Å². The van der Waals surface area contributed by atoms with Crippen LogP contribution in [0.1, 0.15) is 18.4 Å². The Morgan fingerprint density at radius 3 is 2.74 bits per heavy atom. The minimum atomic E-state index is 0.127. The lowest BCUT2D eigenvalue weighted by atomic mass is 10.0. The lowest BCUT2D eigenvalue weighted by Gasteiger charge is -2.36. The molecule has 1 aromatic carbocycles. The van der Waals surface area contributed by atoms with E-state index < -0.39 is 0 Å². The highest BCUT2D eigenvalue weighted by Crippen LogP contribution is 2.21. The Hall–Kier alpha value is -2.01. The zero-order valence-corrected chi connectivity index (χ0v) is 13.4. The first-order valence-corrected chi connectivity index (χ1v) is 8.63. The van der Waals surface area contributed by atoms with Crippen molar-refractivity contribution in [2.24, 2.45) is 0 Å². The van der Waals surface area contributed by atoms with E-state index in [1.807, 2.05) is 4.90 Å². The summed E-state index contributed by atoms with van der Waals surface area (Å²) < 4.78 is 0. The molecule has 0 atom stereocenters. The van der Waals surface area contributed by atoms with Crippen molar-refractivity contribution in [3.8, 4) is 0 Å². The lowest BCUT2D eigenvalue weighted by Crippen LogP contribution is -2.46. The molecular formula is C18H24N4O. The molecule has 2 N–H and O–H groups in total. The predicted octanol–water partition coefficient (Wildman–Crippen LogP) is 2.20. The summed E-state index contributed by atoms with van der Waals surface area (Å²) in [6.45, 7) is 4.97. The maximum atomic E-state index is 11.8. The molecule has 4 rings (SSSR count). The van der Waals surface area contributed by atoms with Crippen LogP contribution in [0.3, 0.4) is 0 Å². The molecule has 1 aromatic heterocycles. The number of hydrogen-bond acceptors (Lipinski definition) is 2. The Balaban J connectivity index is 1.30. The molecule has 5 heteroatoms. The third-order valence-corrected chi connectivity index (χ3v) is 5.26. The van der Waals surface area contributed by atoms with Crippen molar-refractivity contribution in [3.05, 3.63) is 36.0 Å². The second kappa shape index (κ2) is 6.24. The smallest absolute Gasteiger partial charge is 0.317 e. The van der Waals surface area contributed by atoms with Crippen LogP contribution in [0.4, 0.5) is 4.79 Å². The van der Waals surface area contributed by atoms with Crippen molar-refractivity contribution in [2.75, 3.05) is 32.7 Å². The number of nitrogens with zero attached hydrogens (tertiary/aromatic N) is 2. The van der Waals surface area contributed by atoms with Crippen LogP contribution in [-0.4, -0.2) is 59.6 Å². The van der Waals surface area contributed by atoms with Gasteiger partial charge in [0.05, 0.1) is 0 Å². The minimum absolute atomic E-state index is 0.127. The molecule has 0 aliphatic carbocycles. The van der Waals surface area contributed by atoms with Gasteiger partial charge in [-0.15, -0.1) is 0 Å². The van der Waals surface area contributed by atoms with Gasteiger partial charge in [-0.3, -0.25) is 0 Å². The highest BCUT2D eigenvalue weighted by molar-refractivity contribution is 5.83. The average molecular weight is 312 g/mol. The number of fused-ring (bicyclic) bond motifs is 1. The molecule has 0 radical (unpaired) electrons. The summed E-state index contributed by atoms with van der Waals surface area (Å²) in [6.07, 6.45) is 5.42. The van der Waals surface area contributed by atoms with Crippen LogP contribution in [0.15, 0.2) is 30.5 Å². The van der Waals surface area contributed by atoms with E-state index in [4.69, 9.17) is 0 Å². The monoisotopic (exact) mass is 312 g/mol. The zero-order chi connectivity index (χ0) is 15.6.